The third kappa shape index (κ3) is 3.55. The number of hydrogen-bond acceptors (Lipinski definition) is 3. The van der Waals surface area contributed by atoms with Crippen LogP contribution < -0.4 is 11.0 Å². The van der Waals surface area contributed by atoms with Crippen LogP contribution in [0.4, 0.5) is 5.82 Å². The average molecular weight is 179 g/mol. The minimum atomic E-state index is -0.333. The Morgan fingerprint density at radius 1 is 1.77 bits per heavy atom. The minimum absolute atomic E-state index is 0.333. The Labute approximate surface area is 76.7 Å². The highest BCUT2D eigenvalue weighted by atomic mass is 16.1. The van der Waals surface area contributed by atoms with Crippen molar-refractivity contribution in [2.45, 2.75) is 13.3 Å². The molecule has 0 spiro atoms. The Bertz CT molecular complexity index is 343. The SMILES string of the molecule is C=C(C)CCNc1ccnc(=O)[nH]1. The quantitative estimate of drug-likeness (QED) is 0.681. The fraction of sp³-hybridized carbons (Fsp3) is 0.333. The molecule has 4 heteroatoms. The van der Waals surface area contributed by atoms with E-state index in [4.69, 9.17) is 0 Å². The lowest BCUT2D eigenvalue weighted by Gasteiger charge is -2.04. The summed E-state index contributed by atoms with van der Waals surface area (Å²) in [5.74, 6) is 0.696. The van der Waals surface area contributed by atoms with Crippen LogP contribution >= 0.6 is 0 Å². The van der Waals surface area contributed by atoms with Gasteiger partial charge in [-0.1, -0.05) is 5.57 Å². The van der Waals surface area contributed by atoms with Crippen molar-refractivity contribution >= 4 is 5.82 Å². The van der Waals surface area contributed by atoms with Gasteiger partial charge in [-0.15, -0.1) is 6.58 Å². The van der Waals surface area contributed by atoms with Crippen LogP contribution in [0.5, 0.6) is 0 Å². The molecule has 0 aliphatic heterocycles. The maximum absolute atomic E-state index is 10.8. The smallest absolute Gasteiger partial charge is 0.346 e. The Morgan fingerprint density at radius 2 is 2.54 bits per heavy atom. The number of H-pyrrole nitrogens is 1. The predicted octanol–water partition coefficient (Wildman–Crippen LogP) is 1.15. The monoisotopic (exact) mass is 179 g/mol. The van der Waals surface area contributed by atoms with Crippen LogP contribution in [0.2, 0.25) is 0 Å². The van der Waals surface area contributed by atoms with Crippen LogP contribution in [0.3, 0.4) is 0 Å². The molecule has 0 unspecified atom stereocenters. The first kappa shape index (κ1) is 9.51. The molecule has 0 amide bonds. The summed E-state index contributed by atoms with van der Waals surface area (Å²) in [5, 5.41) is 3.06. The van der Waals surface area contributed by atoms with Crippen molar-refractivity contribution in [2.75, 3.05) is 11.9 Å². The third-order valence-corrected chi connectivity index (χ3v) is 1.54. The number of nitrogens with zero attached hydrogens (tertiary/aromatic N) is 1. The van der Waals surface area contributed by atoms with E-state index >= 15 is 0 Å². The Morgan fingerprint density at radius 3 is 3.15 bits per heavy atom. The predicted molar refractivity (Wildman–Crippen MR) is 52.8 cm³/mol. The van der Waals surface area contributed by atoms with Crippen molar-refractivity contribution in [2.24, 2.45) is 0 Å². The first-order valence-electron chi connectivity index (χ1n) is 4.12. The fourth-order valence-electron chi connectivity index (χ4n) is 0.882. The summed E-state index contributed by atoms with van der Waals surface area (Å²) in [6.07, 6.45) is 2.37. The van der Waals surface area contributed by atoms with E-state index in [1.807, 2.05) is 6.92 Å². The van der Waals surface area contributed by atoms with Gasteiger partial charge in [0, 0.05) is 12.7 Å². The summed E-state index contributed by atoms with van der Waals surface area (Å²) >= 11 is 0. The van der Waals surface area contributed by atoms with Gasteiger partial charge >= 0.3 is 5.69 Å². The number of nitrogens with one attached hydrogen (secondary N) is 2. The summed E-state index contributed by atoms with van der Waals surface area (Å²) in [6, 6.07) is 1.72. The molecular formula is C9H13N3O. The Balaban J connectivity index is 2.45. The zero-order valence-electron chi connectivity index (χ0n) is 7.63. The molecule has 1 heterocycles. The molecule has 0 bridgehead atoms. The van der Waals surface area contributed by atoms with E-state index < -0.39 is 0 Å². The Kier molecular flexibility index (Phi) is 3.25. The van der Waals surface area contributed by atoms with Crippen LogP contribution in [-0.4, -0.2) is 16.5 Å². The van der Waals surface area contributed by atoms with Crippen molar-refractivity contribution in [1.29, 1.82) is 0 Å². The van der Waals surface area contributed by atoms with E-state index in [9.17, 15) is 4.79 Å². The number of rotatable bonds is 4. The zero-order valence-corrected chi connectivity index (χ0v) is 7.63. The van der Waals surface area contributed by atoms with Gasteiger partial charge < -0.3 is 5.32 Å². The summed E-state index contributed by atoms with van der Waals surface area (Å²) < 4.78 is 0. The molecule has 1 aromatic heterocycles. The van der Waals surface area contributed by atoms with Crippen molar-refractivity contribution in [3.8, 4) is 0 Å². The number of aromatic nitrogens is 2. The molecular weight excluding hydrogens is 166 g/mol. The van der Waals surface area contributed by atoms with Crippen LogP contribution in [0, 0.1) is 0 Å². The first-order chi connectivity index (χ1) is 6.18. The summed E-state index contributed by atoms with van der Waals surface area (Å²) in [7, 11) is 0. The molecule has 0 fully saturated rings. The number of aromatic amines is 1. The third-order valence-electron chi connectivity index (χ3n) is 1.54. The molecule has 0 atom stereocenters. The number of anilines is 1. The van der Waals surface area contributed by atoms with E-state index in [1.54, 1.807) is 6.07 Å². The van der Waals surface area contributed by atoms with Gasteiger partial charge in [-0.2, -0.15) is 0 Å². The molecule has 0 saturated carbocycles. The van der Waals surface area contributed by atoms with Crippen LogP contribution in [-0.2, 0) is 0 Å². The number of hydrogen-bond donors (Lipinski definition) is 2. The molecule has 70 valence electrons. The van der Waals surface area contributed by atoms with E-state index in [1.165, 1.54) is 6.20 Å². The lowest BCUT2D eigenvalue weighted by molar-refractivity contribution is 0.974. The highest BCUT2D eigenvalue weighted by Crippen LogP contribution is 1.99. The highest BCUT2D eigenvalue weighted by Gasteiger charge is 1.91. The van der Waals surface area contributed by atoms with E-state index in [0.717, 1.165) is 18.5 Å². The molecule has 13 heavy (non-hydrogen) atoms. The van der Waals surface area contributed by atoms with Crippen molar-refractivity contribution in [3.05, 3.63) is 34.9 Å². The molecule has 0 saturated heterocycles. The molecule has 0 aromatic carbocycles. The second-order valence-electron chi connectivity index (χ2n) is 2.92. The van der Waals surface area contributed by atoms with E-state index in [2.05, 4.69) is 21.9 Å². The first-order valence-corrected chi connectivity index (χ1v) is 4.12. The standard InChI is InChI=1S/C9H13N3O/c1-7(2)3-5-10-8-4-6-11-9(13)12-8/h4,6H,1,3,5H2,2H3,(H2,10,11,12,13). The van der Waals surface area contributed by atoms with Crippen molar-refractivity contribution in [3.63, 3.8) is 0 Å². The molecule has 0 radical (unpaired) electrons. The van der Waals surface area contributed by atoms with Crippen LogP contribution in [0.25, 0.3) is 0 Å². The summed E-state index contributed by atoms with van der Waals surface area (Å²) in [6.45, 7) is 6.52. The van der Waals surface area contributed by atoms with E-state index in [0.29, 0.717) is 5.82 Å². The van der Waals surface area contributed by atoms with Crippen LogP contribution in [0.1, 0.15) is 13.3 Å². The second kappa shape index (κ2) is 4.45. The molecule has 0 aliphatic carbocycles. The van der Waals surface area contributed by atoms with Gasteiger partial charge in [0.15, 0.2) is 0 Å². The van der Waals surface area contributed by atoms with Gasteiger partial charge in [-0.3, -0.25) is 4.98 Å². The molecule has 4 nitrogen and oxygen atoms in total. The van der Waals surface area contributed by atoms with Crippen molar-refractivity contribution < 1.29 is 0 Å². The minimum Gasteiger partial charge on any atom is -0.371 e. The molecule has 1 rings (SSSR count). The van der Waals surface area contributed by atoms with Gasteiger partial charge in [0.2, 0.25) is 0 Å². The maximum atomic E-state index is 10.8. The average Bonchev–Trinajstić information content (AvgIpc) is 2.03. The van der Waals surface area contributed by atoms with Crippen LogP contribution in [0.15, 0.2) is 29.2 Å². The Hall–Kier alpha value is -1.58. The highest BCUT2D eigenvalue weighted by molar-refractivity contribution is 5.31. The lowest BCUT2D eigenvalue weighted by atomic mass is 10.2. The summed E-state index contributed by atoms with van der Waals surface area (Å²) in [4.78, 5) is 16.9. The second-order valence-corrected chi connectivity index (χ2v) is 2.92. The largest absolute Gasteiger partial charge is 0.371 e. The van der Waals surface area contributed by atoms with Gasteiger partial charge in [0.25, 0.3) is 0 Å². The van der Waals surface area contributed by atoms with Gasteiger partial charge in [0.1, 0.15) is 5.82 Å². The van der Waals surface area contributed by atoms with Gasteiger partial charge in [0.05, 0.1) is 0 Å². The van der Waals surface area contributed by atoms with E-state index in [-0.39, 0.29) is 5.69 Å². The maximum Gasteiger partial charge on any atom is 0.346 e. The molecule has 1 aromatic rings. The van der Waals surface area contributed by atoms with Gasteiger partial charge in [-0.05, 0) is 19.4 Å². The zero-order chi connectivity index (χ0) is 9.68. The molecule has 2 N–H and O–H groups in total. The lowest BCUT2D eigenvalue weighted by Crippen LogP contribution is -2.13. The van der Waals surface area contributed by atoms with Gasteiger partial charge in [-0.25, -0.2) is 9.78 Å². The van der Waals surface area contributed by atoms with Crippen molar-refractivity contribution in [1.82, 2.24) is 9.97 Å². The molecule has 0 aliphatic rings. The fourth-order valence-corrected chi connectivity index (χ4v) is 0.882. The normalized spacial score (nSPS) is 9.62. The topological polar surface area (TPSA) is 57.8 Å². The summed E-state index contributed by atoms with van der Waals surface area (Å²) in [5.41, 5.74) is 0.782.